The first-order chi connectivity index (χ1) is 11.6. The van der Waals surface area contributed by atoms with E-state index >= 15 is 0 Å². The van der Waals surface area contributed by atoms with Gasteiger partial charge in [0.1, 0.15) is 5.82 Å². The number of nitrogens with two attached hydrogens (primary N) is 1. The maximum absolute atomic E-state index is 13.8. The van der Waals surface area contributed by atoms with Gasteiger partial charge in [0, 0.05) is 19.6 Å². The van der Waals surface area contributed by atoms with Crippen molar-refractivity contribution in [3.8, 4) is 0 Å². The monoisotopic (exact) mass is 367 g/mol. The molecule has 9 heteroatoms. The summed E-state index contributed by atoms with van der Waals surface area (Å²) in [6.45, 7) is 2.16. The molecule has 1 aliphatic heterocycles. The fourth-order valence-electron chi connectivity index (χ4n) is 2.64. The first-order valence-electron chi connectivity index (χ1n) is 7.60. The highest BCUT2D eigenvalue weighted by Gasteiger charge is 2.24. The van der Waals surface area contributed by atoms with Crippen LogP contribution in [0, 0.1) is 11.7 Å². The van der Waals surface area contributed by atoms with Gasteiger partial charge < -0.3 is 16.0 Å². The zero-order valence-electron chi connectivity index (χ0n) is 12.9. The molecule has 0 spiro atoms. The third kappa shape index (κ3) is 4.35. The van der Waals surface area contributed by atoms with Gasteiger partial charge in [-0.25, -0.2) is 4.39 Å². The van der Waals surface area contributed by atoms with Gasteiger partial charge in [0.05, 0.1) is 11.4 Å². The standard InChI is InChI=1S/C15H18FN5OS2/c16-11-3-1-2-4-12(11)21-6-5-10(8-21)7-18-13(22)9-23-15-20-19-14(17)24-15/h1-4,10H,5-9H2,(H2,17,19)(H,18,22). The number of anilines is 2. The molecule has 2 aromatic rings. The van der Waals surface area contributed by atoms with E-state index in [1.807, 2.05) is 11.0 Å². The summed E-state index contributed by atoms with van der Waals surface area (Å²) in [5.41, 5.74) is 6.13. The third-order valence-electron chi connectivity index (χ3n) is 3.82. The van der Waals surface area contributed by atoms with E-state index in [-0.39, 0.29) is 11.7 Å². The molecule has 6 nitrogen and oxygen atoms in total. The van der Waals surface area contributed by atoms with Gasteiger partial charge in [-0.1, -0.05) is 35.2 Å². The van der Waals surface area contributed by atoms with E-state index in [2.05, 4.69) is 15.5 Å². The van der Waals surface area contributed by atoms with Gasteiger partial charge >= 0.3 is 0 Å². The molecule has 2 heterocycles. The second-order valence-electron chi connectivity index (χ2n) is 5.55. The molecular formula is C15H18FN5OS2. The molecule has 1 atom stereocenters. The van der Waals surface area contributed by atoms with Crippen LogP contribution >= 0.6 is 23.1 Å². The number of hydrogen-bond donors (Lipinski definition) is 2. The van der Waals surface area contributed by atoms with Crippen molar-refractivity contribution in [2.45, 2.75) is 10.8 Å². The number of nitrogen functional groups attached to an aromatic ring is 1. The number of amides is 1. The molecule has 0 bridgehead atoms. The summed E-state index contributed by atoms with van der Waals surface area (Å²) < 4.78 is 14.5. The van der Waals surface area contributed by atoms with Crippen LogP contribution in [0.5, 0.6) is 0 Å². The van der Waals surface area contributed by atoms with Crippen LogP contribution in [0.25, 0.3) is 0 Å². The van der Waals surface area contributed by atoms with Crippen molar-refractivity contribution in [1.82, 2.24) is 15.5 Å². The number of rotatable bonds is 6. The first-order valence-corrected chi connectivity index (χ1v) is 9.40. The average molecular weight is 367 g/mol. The number of carbonyl (C=O) groups excluding carboxylic acids is 1. The molecule has 1 amide bonds. The molecule has 3 N–H and O–H groups in total. The molecule has 0 radical (unpaired) electrons. The number of aromatic nitrogens is 2. The normalized spacial score (nSPS) is 17.2. The smallest absolute Gasteiger partial charge is 0.230 e. The molecule has 1 aromatic carbocycles. The molecule has 24 heavy (non-hydrogen) atoms. The molecule has 128 valence electrons. The van der Waals surface area contributed by atoms with Gasteiger partial charge in [0.25, 0.3) is 0 Å². The van der Waals surface area contributed by atoms with Crippen molar-refractivity contribution < 1.29 is 9.18 Å². The third-order valence-corrected chi connectivity index (χ3v) is 5.70. The van der Waals surface area contributed by atoms with Gasteiger partial charge in [0.2, 0.25) is 11.0 Å². The van der Waals surface area contributed by atoms with Crippen molar-refractivity contribution >= 4 is 39.8 Å². The number of halogens is 1. The van der Waals surface area contributed by atoms with Crippen molar-refractivity contribution in [2.75, 3.05) is 36.0 Å². The lowest BCUT2D eigenvalue weighted by Gasteiger charge is -2.19. The Morgan fingerprint density at radius 3 is 3.04 bits per heavy atom. The van der Waals surface area contributed by atoms with Crippen molar-refractivity contribution in [3.05, 3.63) is 30.1 Å². The lowest BCUT2D eigenvalue weighted by Crippen LogP contribution is -2.32. The summed E-state index contributed by atoms with van der Waals surface area (Å²) >= 11 is 2.59. The summed E-state index contributed by atoms with van der Waals surface area (Å²) in [7, 11) is 0. The molecule has 1 aliphatic rings. The Morgan fingerprint density at radius 1 is 1.46 bits per heavy atom. The van der Waals surface area contributed by atoms with E-state index in [0.29, 0.717) is 33.4 Å². The minimum atomic E-state index is -0.199. The average Bonchev–Trinajstić information content (AvgIpc) is 3.20. The number of nitrogens with zero attached hydrogens (tertiary/aromatic N) is 3. The Balaban J connectivity index is 1.41. The van der Waals surface area contributed by atoms with Gasteiger partial charge in [-0.15, -0.1) is 10.2 Å². The number of benzene rings is 1. The van der Waals surface area contributed by atoms with Crippen LogP contribution < -0.4 is 16.0 Å². The van der Waals surface area contributed by atoms with E-state index in [0.717, 1.165) is 19.5 Å². The molecule has 0 aliphatic carbocycles. The second-order valence-corrected chi connectivity index (χ2v) is 7.78. The number of nitrogens with one attached hydrogen (secondary N) is 1. The minimum absolute atomic E-state index is 0.0434. The van der Waals surface area contributed by atoms with E-state index in [4.69, 9.17) is 5.73 Å². The maximum Gasteiger partial charge on any atom is 0.230 e. The first kappa shape index (κ1) is 17.0. The molecule has 1 fully saturated rings. The fourth-order valence-corrected chi connectivity index (χ4v) is 4.11. The zero-order valence-corrected chi connectivity index (χ0v) is 14.6. The molecule has 3 rings (SSSR count). The van der Waals surface area contributed by atoms with Crippen LogP contribution in [-0.4, -0.2) is 41.5 Å². The molecule has 0 saturated carbocycles. The van der Waals surface area contributed by atoms with E-state index in [9.17, 15) is 9.18 Å². The Bertz CT molecular complexity index is 711. The predicted octanol–water partition coefficient (Wildman–Crippen LogP) is 1.99. The van der Waals surface area contributed by atoms with E-state index in [1.54, 1.807) is 12.1 Å². The lowest BCUT2D eigenvalue weighted by atomic mass is 10.1. The predicted molar refractivity (Wildman–Crippen MR) is 94.8 cm³/mol. The number of carbonyl (C=O) groups is 1. The number of thioether (sulfide) groups is 1. The Hall–Kier alpha value is -1.87. The SMILES string of the molecule is Nc1nnc(SCC(=O)NCC2CCN(c3ccccc3F)C2)s1. The summed E-state index contributed by atoms with van der Waals surface area (Å²) in [4.78, 5) is 13.9. The van der Waals surface area contributed by atoms with Crippen LogP contribution in [0.2, 0.25) is 0 Å². The summed E-state index contributed by atoms with van der Waals surface area (Å²) in [5, 5.41) is 10.9. The highest BCUT2D eigenvalue weighted by Crippen LogP contribution is 2.26. The molecular weight excluding hydrogens is 349 g/mol. The van der Waals surface area contributed by atoms with Crippen molar-refractivity contribution in [2.24, 2.45) is 5.92 Å². The summed E-state index contributed by atoms with van der Waals surface area (Å²) in [6, 6.07) is 6.80. The zero-order chi connectivity index (χ0) is 16.9. The van der Waals surface area contributed by atoms with Crippen LogP contribution in [0.1, 0.15) is 6.42 Å². The van der Waals surface area contributed by atoms with Gasteiger partial charge in [-0.3, -0.25) is 4.79 Å². The summed E-state index contributed by atoms with van der Waals surface area (Å²) in [6.07, 6.45) is 0.939. The molecule has 1 aromatic heterocycles. The Kier molecular flexibility index (Phi) is 5.52. The Labute approximate surface area is 147 Å². The highest BCUT2D eigenvalue weighted by molar-refractivity contribution is 8.01. The van der Waals surface area contributed by atoms with Crippen LogP contribution in [-0.2, 0) is 4.79 Å². The van der Waals surface area contributed by atoms with Crippen LogP contribution in [0.3, 0.4) is 0 Å². The Morgan fingerprint density at radius 2 is 2.29 bits per heavy atom. The number of para-hydroxylation sites is 1. The molecule has 1 saturated heterocycles. The van der Waals surface area contributed by atoms with Gasteiger partial charge in [0.15, 0.2) is 4.34 Å². The van der Waals surface area contributed by atoms with Crippen molar-refractivity contribution in [1.29, 1.82) is 0 Å². The van der Waals surface area contributed by atoms with Crippen LogP contribution in [0.4, 0.5) is 15.2 Å². The topological polar surface area (TPSA) is 84.1 Å². The summed E-state index contributed by atoms with van der Waals surface area (Å²) in [5.74, 6) is 0.377. The highest BCUT2D eigenvalue weighted by atomic mass is 32.2. The number of hydrogen-bond acceptors (Lipinski definition) is 7. The van der Waals surface area contributed by atoms with Crippen LogP contribution in [0.15, 0.2) is 28.6 Å². The van der Waals surface area contributed by atoms with E-state index in [1.165, 1.54) is 29.2 Å². The lowest BCUT2D eigenvalue weighted by molar-refractivity contribution is -0.118. The van der Waals surface area contributed by atoms with Gasteiger partial charge in [-0.2, -0.15) is 0 Å². The van der Waals surface area contributed by atoms with Crippen molar-refractivity contribution in [3.63, 3.8) is 0 Å². The molecule has 1 unspecified atom stereocenters. The minimum Gasteiger partial charge on any atom is -0.374 e. The quantitative estimate of drug-likeness (QED) is 0.760. The second kappa shape index (κ2) is 7.80. The fraction of sp³-hybridized carbons (Fsp3) is 0.400. The van der Waals surface area contributed by atoms with E-state index < -0.39 is 0 Å². The maximum atomic E-state index is 13.8. The van der Waals surface area contributed by atoms with Gasteiger partial charge in [-0.05, 0) is 24.5 Å². The largest absolute Gasteiger partial charge is 0.374 e.